The fourth-order valence-corrected chi connectivity index (χ4v) is 1.18. The molecule has 2 heteroatoms. The molecule has 0 N–H and O–H groups in total. The predicted molar refractivity (Wildman–Crippen MR) is 48.3 cm³/mol. The van der Waals surface area contributed by atoms with Gasteiger partial charge in [0.1, 0.15) is 0 Å². The molecule has 1 heterocycles. The zero-order chi connectivity index (χ0) is 9.19. The largest absolute Gasteiger partial charge is 0.298 e. The Hall–Kier alpha value is -1.18. The van der Waals surface area contributed by atoms with Crippen LogP contribution in [-0.2, 0) is 5.41 Å². The predicted octanol–water partition coefficient (Wildman–Crippen LogP) is 2.19. The molecule has 64 valence electrons. The van der Waals surface area contributed by atoms with Gasteiger partial charge in [0.05, 0.1) is 0 Å². The Labute approximate surface area is 72.6 Å². The molecule has 12 heavy (non-hydrogen) atoms. The van der Waals surface area contributed by atoms with Gasteiger partial charge in [0.25, 0.3) is 0 Å². The molecule has 0 unspecified atom stereocenters. The van der Waals surface area contributed by atoms with Crippen molar-refractivity contribution in [1.82, 2.24) is 4.98 Å². The van der Waals surface area contributed by atoms with E-state index >= 15 is 0 Å². The van der Waals surface area contributed by atoms with Crippen molar-refractivity contribution in [1.29, 1.82) is 0 Å². The lowest BCUT2D eigenvalue weighted by molar-refractivity contribution is 0.112. The molecular formula is C10H13NO. The van der Waals surface area contributed by atoms with Crippen LogP contribution in [0.1, 0.15) is 36.7 Å². The van der Waals surface area contributed by atoms with Gasteiger partial charge in [-0.25, -0.2) is 0 Å². The fourth-order valence-electron chi connectivity index (χ4n) is 1.18. The van der Waals surface area contributed by atoms with Crippen LogP contribution in [0.2, 0.25) is 0 Å². The summed E-state index contributed by atoms with van der Waals surface area (Å²) in [5.74, 6) is 0. The molecule has 1 aromatic heterocycles. The molecule has 2 nitrogen and oxygen atoms in total. The molecule has 1 rings (SSSR count). The molecular weight excluding hydrogens is 150 g/mol. The standard InChI is InChI=1S/C10H13NO/c1-10(2,3)9-4-5-11-6-8(9)7-12/h4-7H,1-3H3. The van der Waals surface area contributed by atoms with E-state index in [1.807, 2.05) is 6.07 Å². The second-order valence-electron chi connectivity index (χ2n) is 3.83. The van der Waals surface area contributed by atoms with Crippen LogP contribution in [0.25, 0.3) is 0 Å². The number of carbonyl (C=O) groups excluding carboxylic acids is 1. The van der Waals surface area contributed by atoms with Crippen LogP contribution in [0.5, 0.6) is 0 Å². The van der Waals surface area contributed by atoms with E-state index < -0.39 is 0 Å². The average molecular weight is 163 g/mol. The quantitative estimate of drug-likeness (QED) is 0.594. The van der Waals surface area contributed by atoms with Crippen LogP contribution in [-0.4, -0.2) is 11.3 Å². The Balaban J connectivity index is 3.23. The van der Waals surface area contributed by atoms with E-state index in [0.717, 1.165) is 11.8 Å². The van der Waals surface area contributed by atoms with E-state index in [0.29, 0.717) is 5.56 Å². The van der Waals surface area contributed by atoms with Gasteiger partial charge in [-0.2, -0.15) is 0 Å². The zero-order valence-electron chi connectivity index (χ0n) is 7.66. The molecule has 0 atom stereocenters. The Morgan fingerprint density at radius 1 is 1.42 bits per heavy atom. The number of hydrogen-bond donors (Lipinski definition) is 0. The first-order valence-corrected chi connectivity index (χ1v) is 3.95. The van der Waals surface area contributed by atoms with Gasteiger partial charge in [-0.15, -0.1) is 0 Å². The van der Waals surface area contributed by atoms with Crippen molar-refractivity contribution in [2.45, 2.75) is 26.2 Å². The van der Waals surface area contributed by atoms with Crippen LogP contribution in [0.4, 0.5) is 0 Å². The molecule has 0 saturated heterocycles. The molecule has 0 fully saturated rings. The van der Waals surface area contributed by atoms with Crippen molar-refractivity contribution in [3.8, 4) is 0 Å². The molecule has 0 aliphatic carbocycles. The van der Waals surface area contributed by atoms with Crippen LogP contribution in [0.3, 0.4) is 0 Å². The summed E-state index contributed by atoms with van der Waals surface area (Å²) in [6.45, 7) is 6.24. The summed E-state index contributed by atoms with van der Waals surface area (Å²) in [5.41, 5.74) is 1.75. The highest BCUT2D eigenvalue weighted by atomic mass is 16.1. The molecule has 0 aliphatic rings. The number of aldehydes is 1. The van der Waals surface area contributed by atoms with E-state index in [1.165, 1.54) is 0 Å². The van der Waals surface area contributed by atoms with Gasteiger partial charge in [-0.3, -0.25) is 9.78 Å². The number of nitrogens with zero attached hydrogens (tertiary/aromatic N) is 1. The number of hydrogen-bond acceptors (Lipinski definition) is 2. The third-order valence-corrected chi connectivity index (χ3v) is 1.79. The SMILES string of the molecule is CC(C)(C)c1ccncc1C=O. The summed E-state index contributed by atoms with van der Waals surface area (Å²) < 4.78 is 0. The number of carbonyl (C=O) groups is 1. The topological polar surface area (TPSA) is 30.0 Å². The summed E-state index contributed by atoms with van der Waals surface area (Å²) in [5, 5.41) is 0. The highest BCUT2D eigenvalue weighted by Gasteiger charge is 2.16. The molecule has 1 aromatic rings. The molecule has 0 spiro atoms. The van der Waals surface area contributed by atoms with Crippen molar-refractivity contribution < 1.29 is 4.79 Å². The Morgan fingerprint density at radius 3 is 2.50 bits per heavy atom. The first kappa shape index (κ1) is 8.91. The Morgan fingerprint density at radius 2 is 2.08 bits per heavy atom. The van der Waals surface area contributed by atoms with Gasteiger partial charge in [0.15, 0.2) is 6.29 Å². The van der Waals surface area contributed by atoms with Crippen molar-refractivity contribution in [2.75, 3.05) is 0 Å². The van der Waals surface area contributed by atoms with E-state index in [-0.39, 0.29) is 5.41 Å². The van der Waals surface area contributed by atoms with E-state index in [2.05, 4.69) is 25.8 Å². The average Bonchev–Trinajstić information content (AvgIpc) is 2.03. The minimum atomic E-state index is 0.0131. The second-order valence-corrected chi connectivity index (χ2v) is 3.83. The monoisotopic (exact) mass is 163 g/mol. The van der Waals surface area contributed by atoms with Gasteiger partial charge >= 0.3 is 0 Å². The lowest BCUT2D eigenvalue weighted by Gasteiger charge is -2.20. The highest BCUT2D eigenvalue weighted by molar-refractivity contribution is 5.77. The number of rotatable bonds is 1. The maximum atomic E-state index is 10.6. The Kier molecular flexibility index (Phi) is 2.27. The van der Waals surface area contributed by atoms with Crippen molar-refractivity contribution >= 4 is 6.29 Å². The van der Waals surface area contributed by atoms with Crippen LogP contribution < -0.4 is 0 Å². The highest BCUT2D eigenvalue weighted by Crippen LogP contribution is 2.23. The summed E-state index contributed by atoms with van der Waals surface area (Å²) >= 11 is 0. The van der Waals surface area contributed by atoms with Crippen LogP contribution >= 0.6 is 0 Å². The normalized spacial score (nSPS) is 11.2. The lowest BCUT2D eigenvalue weighted by Crippen LogP contribution is -2.14. The van der Waals surface area contributed by atoms with Crippen molar-refractivity contribution in [3.63, 3.8) is 0 Å². The van der Waals surface area contributed by atoms with Gasteiger partial charge in [-0.1, -0.05) is 20.8 Å². The minimum Gasteiger partial charge on any atom is -0.298 e. The van der Waals surface area contributed by atoms with Gasteiger partial charge in [-0.05, 0) is 17.0 Å². The van der Waals surface area contributed by atoms with Crippen molar-refractivity contribution in [2.24, 2.45) is 0 Å². The summed E-state index contributed by atoms with van der Waals surface area (Å²) in [6.07, 6.45) is 4.18. The third kappa shape index (κ3) is 1.70. The van der Waals surface area contributed by atoms with E-state index in [1.54, 1.807) is 12.4 Å². The van der Waals surface area contributed by atoms with Crippen molar-refractivity contribution in [3.05, 3.63) is 29.6 Å². The number of aromatic nitrogens is 1. The summed E-state index contributed by atoms with van der Waals surface area (Å²) in [7, 11) is 0. The molecule has 0 aromatic carbocycles. The van der Waals surface area contributed by atoms with Gasteiger partial charge in [0, 0.05) is 18.0 Å². The zero-order valence-corrected chi connectivity index (χ0v) is 7.66. The van der Waals surface area contributed by atoms with Gasteiger partial charge < -0.3 is 0 Å². The lowest BCUT2D eigenvalue weighted by atomic mass is 9.85. The third-order valence-electron chi connectivity index (χ3n) is 1.79. The van der Waals surface area contributed by atoms with E-state index in [4.69, 9.17) is 0 Å². The minimum absolute atomic E-state index is 0.0131. The Bertz CT molecular complexity index is 286. The first-order chi connectivity index (χ1) is 5.55. The number of pyridine rings is 1. The van der Waals surface area contributed by atoms with E-state index in [9.17, 15) is 4.79 Å². The molecule has 0 saturated carbocycles. The second kappa shape index (κ2) is 3.05. The van der Waals surface area contributed by atoms with Gasteiger partial charge in [0.2, 0.25) is 0 Å². The smallest absolute Gasteiger partial charge is 0.151 e. The van der Waals surface area contributed by atoms with Crippen LogP contribution in [0.15, 0.2) is 18.5 Å². The molecule has 0 bridgehead atoms. The maximum absolute atomic E-state index is 10.6. The molecule has 0 radical (unpaired) electrons. The van der Waals surface area contributed by atoms with Crippen LogP contribution in [0, 0.1) is 0 Å². The summed E-state index contributed by atoms with van der Waals surface area (Å²) in [6, 6.07) is 1.89. The first-order valence-electron chi connectivity index (χ1n) is 3.95. The summed E-state index contributed by atoms with van der Waals surface area (Å²) in [4.78, 5) is 14.5. The molecule has 0 aliphatic heterocycles. The maximum Gasteiger partial charge on any atom is 0.151 e. The molecule has 0 amide bonds. The fraction of sp³-hybridized carbons (Fsp3) is 0.400.